The number of aromatic nitrogens is 4. The zero-order valence-electron chi connectivity index (χ0n) is 12.4. The molecule has 0 saturated carbocycles. The molecule has 3 heterocycles. The maximum Gasteiger partial charge on any atom is 0.224 e. The predicted molar refractivity (Wildman–Crippen MR) is 81.3 cm³/mol. The topological polar surface area (TPSA) is 125 Å². The molecule has 0 aromatic carbocycles. The van der Waals surface area contributed by atoms with Crippen LogP contribution in [0.3, 0.4) is 0 Å². The molecular formula is C14H18N6O2. The summed E-state index contributed by atoms with van der Waals surface area (Å²) in [5.74, 6) is 2.65. The lowest BCUT2D eigenvalue weighted by molar-refractivity contribution is -0.0636. The minimum absolute atomic E-state index is 0.0333. The Morgan fingerprint density at radius 3 is 2.82 bits per heavy atom. The van der Waals surface area contributed by atoms with Crippen LogP contribution in [-0.4, -0.2) is 36.3 Å². The molecule has 8 nitrogen and oxygen atoms in total. The Morgan fingerprint density at radius 2 is 2.23 bits per heavy atom. The quantitative estimate of drug-likeness (QED) is 0.681. The molecule has 8 heteroatoms. The first kappa shape index (κ1) is 14.6. The van der Waals surface area contributed by atoms with E-state index in [1.165, 1.54) is 6.33 Å². The van der Waals surface area contributed by atoms with Crippen LogP contribution in [0.15, 0.2) is 6.33 Å². The molecule has 1 fully saturated rings. The van der Waals surface area contributed by atoms with E-state index in [-0.39, 0.29) is 17.7 Å². The van der Waals surface area contributed by atoms with E-state index in [0.29, 0.717) is 17.6 Å². The third kappa shape index (κ3) is 1.83. The van der Waals surface area contributed by atoms with Crippen LogP contribution in [0.4, 0.5) is 11.8 Å². The molecule has 2 aromatic heterocycles. The van der Waals surface area contributed by atoms with E-state index < -0.39 is 17.9 Å². The number of nitrogen functional groups attached to an aromatic ring is 2. The first-order chi connectivity index (χ1) is 10.4. The summed E-state index contributed by atoms with van der Waals surface area (Å²) in [4.78, 5) is 12.2. The van der Waals surface area contributed by atoms with Crippen molar-refractivity contribution in [3.05, 3.63) is 6.33 Å². The van der Waals surface area contributed by atoms with Crippen LogP contribution < -0.4 is 11.5 Å². The van der Waals surface area contributed by atoms with Crippen molar-refractivity contribution in [2.75, 3.05) is 11.5 Å². The lowest BCUT2D eigenvalue weighted by Gasteiger charge is -2.25. The monoisotopic (exact) mass is 302 g/mol. The zero-order valence-corrected chi connectivity index (χ0v) is 12.4. The highest BCUT2D eigenvalue weighted by molar-refractivity contribution is 5.82. The number of anilines is 2. The highest BCUT2D eigenvalue weighted by Gasteiger charge is 2.51. The lowest BCUT2D eigenvalue weighted by Crippen LogP contribution is -2.34. The number of aliphatic hydroxyl groups excluding tert-OH is 1. The maximum absolute atomic E-state index is 10.6. The van der Waals surface area contributed by atoms with Gasteiger partial charge in [-0.3, -0.25) is 4.57 Å². The molecule has 2 aromatic rings. The molecule has 1 aliphatic heterocycles. The first-order valence-corrected chi connectivity index (χ1v) is 7.02. The number of hydrogen-bond acceptors (Lipinski definition) is 7. The number of fused-ring (bicyclic) bond motifs is 1. The fourth-order valence-corrected chi connectivity index (χ4v) is 2.95. The van der Waals surface area contributed by atoms with E-state index in [1.807, 2.05) is 13.8 Å². The molecule has 116 valence electrons. The number of aliphatic hydroxyl groups is 1. The van der Waals surface area contributed by atoms with Gasteiger partial charge in [-0.1, -0.05) is 19.8 Å². The Balaban J connectivity index is 2.11. The molecule has 1 aliphatic rings. The SMILES string of the molecule is C#C[C@]1(CC)O[C@@H](n2cnc3c(N)nc(N)nc32)C(O)C1C. The van der Waals surface area contributed by atoms with Gasteiger partial charge < -0.3 is 21.3 Å². The summed E-state index contributed by atoms with van der Waals surface area (Å²) in [6, 6.07) is 0. The van der Waals surface area contributed by atoms with Crippen LogP contribution in [0.5, 0.6) is 0 Å². The van der Waals surface area contributed by atoms with Gasteiger partial charge in [-0.25, -0.2) is 4.98 Å². The molecule has 0 amide bonds. The van der Waals surface area contributed by atoms with Crippen molar-refractivity contribution in [1.29, 1.82) is 0 Å². The molecule has 2 unspecified atom stereocenters. The molecule has 0 radical (unpaired) electrons. The number of terminal acetylenes is 1. The average molecular weight is 302 g/mol. The predicted octanol–water partition coefficient (Wildman–Crippen LogP) is 0.298. The van der Waals surface area contributed by atoms with E-state index in [2.05, 4.69) is 20.9 Å². The van der Waals surface area contributed by atoms with Crippen LogP contribution in [0, 0.1) is 18.3 Å². The van der Waals surface area contributed by atoms with Gasteiger partial charge in [0, 0.05) is 5.92 Å². The number of hydrogen-bond donors (Lipinski definition) is 3. The average Bonchev–Trinajstić information content (AvgIpc) is 3.01. The zero-order chi connectivity index (χ0) is 16.1. The summed E-state index contributed by atoms with van der Waals surface area (Å²) in [7, 11) is 0. The standard InChI is InChI=1S/C14H18N6O2/c1-4-14(5-2)7(3)9(21)12(22-14)20-6-17-8-10(15)18-13(16)19-11(8)20/h1,6-7,9,12,21H,5H2,2-3H3,(H4,15,16,18,19)/t7?,9?,12-,14-/m1/s1. The first-order valence-electron chi connectivity index (χ1n) is 7.02. The van der Waals surface area contributed by atoms with Gasteiger partial charge in [-0.05, 0) is 6.42 Å². The molecular weight excluding hydrogens is 284 g/mol. The van der Waals surface area contributed by atoms with Gasteiger partial charge >= 0.3 is 0 Å². The summed E-state index contributed by atoms with van der Waals surface area (Å²) in [5.41, 5.74) is 11.4. The van der Waals surface area contributed by atoms with Crippen LogP contribution in [0.1, 0.15) is 26.5 Å². The summed E-state index contributed by atoms with van der Waals surface area (Å²) < 4.78 is 7.60. The van der Waals surface area contributed by atoms with Crippen LogP contribution in [0.25, 0.3) is 11.2 Å². The molecule has 5 N–H and O–H groups in total. The van der Waals surface area contributed by atoms with Crippen molar-refractivity contribution in [3.8, 4) is 12.3 Å². The van der Waals surface area contributed by atoms with Gasteiger partial charge in [0.25, 0.3) is 0 Å². The second-order valence-corrected chi connectivity index (χ2v) is 5.47. The maximum atomic E-state index is 10.6. The molecule has 0 bridgehead atoms. The molecule has 1 saturated heterocycles. The Bertz CT molecular complexity index is 767. The highest BCUT2D eigenvalue weighted by atomic mass is 16.5. The van der Waals surface area contributed by atoms with Crippen molar-refractivity contribution in [3.63, 3.8) is 0 Å². The Morgan fingerprint density at radius 1 is 1.50 bits per heavy atom. The molecule has 0 aliphatic carbocycles. The van der Waals surface area contributed by atoms with Crippen LogP contribution in [-0.2, 0) is 4.74 Å². The van der Waals surface area contributed by atoms with Gasteiger partial charge in [-0.2, -0.15) is 9.97 Å². The second-order valence-electron chi connectivity index (χ2n) is 5.47. The summed E-state index contributed by atoms with van der Waals surface area (Å²) in [6.45, 7) is 3.79. The van der Waals surface area contributed by atoms with E-state index in [9.17, 15) is 5.11 Å². The van der Waals surface area contributed by atoms with E-state index >= 15 is 0 Å². The Kier molecular flexibility index (Phi) is 3.20. The van der Waals surface area contributed by atoms with E-state index in [4.69, 9.17) is 22.6 Å². The van der Waals surface area contributed by atoms with Gasteiger partial charge in [0.1, 0.15) is 17.2 Å². The van der Waals surface area contributed by atoms with E-state index in [0.717, 1.165) is 0 Å². The number of ether oxygens (including phenoxy) is 1. The lowest BCUT2D eigenvalue weighted by atomic mass is 9.85. The number of rotatable bonds is 2. The fourth-order valence-electron chi connectivity index (χ4n) is 2.95. The third-order valence-corrected chi connectivity index (χ3v) is 4.38. The minimum Gasteiger partial charge on any atom is -0.388 e. The summed E-state index contributed by atoms with van der Waals surface area (Å²) in [5, 5.41) is 10.6. The van der Waals surface area contributed by atoms with Crippen LogP contribution >= 0.6 is 0 Å². The minimum atomic E-state index is -0.829. The molecule has 3 rings (SSSR count). The Labute approximate surface area is 127 Å². The molecule has 22 heavy (non-hydrogen) atoms. The normalized spacial score (nSPS) is 31.5. The van der Waals surface area contributed by atoms with Gasteiger partial charge in [0.05, 0.1) is 6.33 Å². The highest BCUT2D eigenvalue weighted by Crippen LogP contribution is 2.43. The fraction of sp³-hybridized carbons (Fsp3) is 0.500. The molecule has 4 atom stereocenters. The van der Waals surface area contributed by atoms with Crippen molar-refractivity contribution in [2.24, 2.45) is 5.92 Å². The second kappa shape index (κ2) is 4.83. The van der Waals surface area contributed by atoms with Gasteiger partial charge in [-0.15, -0.1) is 6.42 Å². The largest absolute Gasteiger partial charge is 0.388 e. The molecule has 0 spiro atoms. The van der Waals surface area contributed by atoms with Crippen molar-refractivity contribution < 1.29 is 9.84 Å². The van der Waals surface area contributed by atoms with Crippen molar-refractivity contribution in [2.45, 2.75) is 38.2 Å². The smallest absolute Gasteiger partial charge is 0.224 e. The number of imidazole rings is 1. The number of nitrogens with zero attached hydrogens (tertiary/aromatic N) is 4. The van der Waals surface area contributed by atoms with Gasteiger partial charge in [0.2, 0.25) is 5.95 Å². The Hall–Kier alpha value is -2.37. The van der Waals surface area contributed by atoms with Crippen LogP contribution in [0.2, 0.25) is 0 Å². The van der Waals surface area contributed by atoms with E-state index in [1.54, 1.807) is 4.57 Å². The third-order valence-electron chi connectivity index (χ3n) is 4.38. The van der Waals surface area contributed by atoms with Crippen molar-refractivity contribution in [1.82, 2.24) is 19.5 Å². The van der Waals surface area contributed by atoms with Crippen molar-refractivity contribution >= 4 is 22.9 Å². The summed E-state index contributed by atoms with van der Waals surface area (Å²) in [6.07, 6.45) is 6.21. The number of nitrogens with two attached hydrogens (primary N) is 2. The van der Waals surface area contributed by atoms with Gasteiger partial charge in [0.15, 0.2) is 17.7 Å². The summed E-state index contributed by atoms with van der Waals surface area (Å²) >= 11 is 0.